The topological polar surface area (TPSA) is 17.1 Å². The van der Waals surface area contributed by atoms with E-state index in [4.69, 9.17) is 0 Å². The average Bonchev–Trinajstić information content (AvgIpc) is 2.28. The van der Waals surface area contributed by atoms with Gasteiger partial charge in [-0.2, -0.15) is 25.8 Å². The van der Waals surface area contributed by atoms with E-state index in [0.717, 1.165) is 6.07 Å². The number of halogens is 3. The molecule has 0 aliphatic rings. The van der Waals surface area contributed by atoms with E-state index in [1.54, 1.807) is 6.08 Å². The molecule has 0 fully saturated rings. The number of benzene rings is 1. The van der Waals surface area contributed by atoms with Crippen molar-refractivity contribution in [1.82, 2.24) is 0 Å². The van der Waals surface area contributed by atoms with Gasteiger partial charge in [0.2, 0.25) is 0 Å². The minimum Gasteiger partial charge on any atom is -0.298 e. The van der Waals surface area contributed by atoms with Crippen molar-refractivity contribution in [2.24, 2.45) is 0 Å². The molecule has 0 spiro atoms. The molecule has 0 saturated carbocycles. The molecule has 0 bridgehead atoms. The van der Waals surface area contributed by atoms with E-state index in [-0.39, 0.29) is 11.1 Å². The lowest BCUT2D eigenvalue weighted by Gasteiger charge is -2.10. The molecule has 0 aromatic heterocycles. The summed E-state index contributed by atoms with van der Waals surface area (Å²) < 4.78 is 38.1. The van der Waals surface area contributed by atoms with Gasteiger partial charge in [-0.3, -0.25) is 4.79 Å². The first-order valence-corrected chi connectivity index (χ1v) is 5.56. The molecular weight excluding hydrogens is 249 g/mol. The normalized spacial score (nSPS) is 12.0. The van der Waals surface area contributed by atoms with E-state index < -0.39 is 11.7 Å². The molecule has 92 valence electrons. The van der Waals surface area contributed by atoms with E-state index >= 15 is 0 Å². The van der Waals surface area contributed by atoms with Crippen LogP contribution in [0.3, 0.4) is 0 Å². The molecule has 1 aromatic rings. The minimum atomic E-state index is -4.46. The number of hydrogen-bond donors (Lipinski definition) is 1. The first-order chi connectivity index (χ1) is 7.99. The van der Waals surface area contributed by atoms with Gasteiger partial charge in [-0.1, -0.05) is 24.3 Å². The Kier molecular flexibility index (Phi) is 4.81. The standard InChI is InChI=1S/C12H11F3OS/c13-12(14,15)11-7-9(8-16)4-5-10(11)3-1-2-6-17/h1,3-5,7-8,17H,2,6H2. The Morgan fingerprint density at radius 2 is 2.00 bits per heavy atom. The zero-order valence-electron chi connectivity index (χ0n) is 8.87. The molecule has 0 aliphatic carbocycles. The third-order valence-corrected chi connectivity index (χ3v) is 2.37. The summed E-state index contributed by atoms with van der Waals surface area (Å²) in [5.74, 6) is 0.574. The zero-order chi connectivity index (χ0) is 12.9. The number of rotatable bonds is 4. The summed E-state index contributed by atoms with van der Waals surface area (Å²) in [5.41, 5.74) is -0.717. The molecule has 0 atom stereocenters. The SMILES string of the molecule is O=Cc1ccc(C=CCCS)c(C(F)(F)F)c1. The Labute approximate surface area is 103 Å². The maximum absolute atomic E-state index is 12.7. The molecule has 17 heavy (non-hydrogen) atoms. The maximum Gasteiger partial charge on any atom is 0.417 e. The number of carbonyl (C=O) groups is 1. The van der Waals surface area contributed by atoms with Gasteiger partial charge in [-0.25, -0.2) is 0 Å². The number of allylic oxidation sites excluding steroid dienone is 1. The van der Waals surface area contributed by atoms with Gasteiger partial charge in [-0.15, -0.1) is 0 Å². The number of thiol groups is 1. The van der Waals surface area contributed by atoms with E-state index in [9.17, 15) is 18.0 Å². The fourth-order valence-electron chi connectivity index (χ4n) is 1.32. The highest BCUT2D eigenvalue weighted by Gasteiger charge is 2.32. The monoisotopic (exact) mass is 260 g/mol. The van der Waals surface area contributed by atoms with E-state index in [0.29, 0.717) is 18.5 Å². The van der Waals surface area contributed by atoms with Crippen LogP contribution < -0.4 is 0 Å². The van der Waals surface area contributed by atoms with Crippen molar-refractivity contribution in [1.29, 1.82) is 0 Å². The van der Waals surface area contributed by atoms with Crippen LogP contribution in [-0.2, 0) is 6.18 Å². The summed E-state index contributed by atoms with van der Waals surface area (Å²) in [6.07, 6.45) is -0.447. The number of alkyl halides is 3. The van der Waals surface area contributed by atoms with Crippen molar-refractivity contribution in [2.75, 3.05) is 5.75 Å². The maximum atomic E-state index is 12.7. The molecule has 0 radical (unpaired) electrons. The van der Waals surface area contributed by atoms with Crippen molar-refractivity contribution in [3.8, 4) is 0 Å². The molecule has 0 N–H and O–H groups in total. The van der Waals surface area contributed by atoms with Crippen molar-refractivity contribution in [2.45, 2.75) is 12.6 Å². The molecule has 0 aliphatic heterocycles. The van der Waals surface area contributed by atoms with Crippen molar-refractivity contribution in [3.63, 3.8) is 0 Å². The second-order valence-electron chi connectivity index (χ2n) is 3.38. The van der Waals surface area contributed by atoms with E-state index in [1.807, 2.05) is 0 Å². The van der Waals surface area contributed by atoms with Crippen LogP contribution in [0.4, 0.5) is 13.2 Å². The number of hydrogen-bond acceptors (Lipinski definition) is 2. The smallest absolute Gasteiger partial charge is 0.298 e. The van der Waals surface area contributed by atoms with Crippen LogP contribution >= 0.6 is 12.6 Å². The second kappa shape index (κ2) is 5.91. The third-order valence-electron chi connectivity index (χ3n) is 2.11. The van der Waals surface area contributed by atoms with Gasteiger partial charge in [0.1, 0.15) is 6.29 Å². The fourth-order valence-corrected chi connectivity index (χ4v) is 1.47. The van der Waals surface area contributed by atoms with Crippen LogP contribution in [0.15, 0.2) is 24.3 Å². The van der Waals surface area contributed by atoms with Gasteiger partial charge >= 0.3 is 6.18 Å². The fraction of sp³-hybridized carbons (Fsp3) is 0.250. The molecule has 0 amide bonds. The summed E-state index contributed by atoms with van der Waals surface area (Å²) in [5, 5.41) is 0. The Bertz CT molecular complexity index is 424. The zero-order valence-corrected chi connectivity index (χ0v) is 9.76. The van der Waals surface area contributed by atoms with Gasteiger partial charge in [0, 0.05) is 5.56 Å². The molecule has 0 saturated heterocycles. The summed E-state index contributed by atoms with van der Waals surface area (Å²) in [6, 6.07) is 3.51. The predicted octanol–water partition coefficient (Wildman–Crippen LogP) is 3.85. The Morgan fingerprint density at radius 3 is 2.53 bits per heavy atom. The van der Waals surface area contributed by atoms with Gasteiger partial charge in [0.25, 0.3) is 0 Å². The average molecular weight is 260 g/mol. The van der Waals surface area contributed by atoms with E-state index in [2.05, 4.69) is 12.6 Å². The first kappa shape index (κ1) is 13.8. The van der Waals surface area contributed by atoms with Crippen LogP contribution in [0.2, 0.25) is 0 Å². The third kappa shape index (κ3) is 3.93. The lowest BCUT2D eigenvalue weighted by molar-refractivity contribution is -0.137. The summed E-state index contributed by atoms with van der Waals surface area (Å²) >= 11 is 3.96. The molecule has 1 nitrogen and oxygen atoms in total. The van der Waals surface area contributed by atoms with Crippen molar-refractivity contribution < 1.29 is 18.0 Å². The second-order valence-corrected chi connectivity index (χ2v) is 3.82. The lowest BCUT2D eigenvalue weighted by Crippen LogP contribution is -2.08. The lowest BCUT2D eigenvalue weighted by atomic mass is 10.0. The molecule has 0 unspecified atom stereocenters. The van der Waals surface area contributed by atoms with Gasteiger partial charge in [0.05, 0.1) is 5.56 Å². The van der Waals surface area contributed by atoms with Crippen LogP contribution in [0.5, 0.6) is 0 Å². The summed E-state index contributed by atoms with van der Waals surface area (Å²) in [6.45, 7) is 0. The number of aldehydes is 1. The first-order valence-electron chi connectivity index (χ1n) is 4.93. The molecule has 1 aromatic carbocycles. The van der Waals surface area contributed by atoms with Crippen molar-refractivity contribution in [3.05, 3.63) is 41.0 Å². The molecule has 5 heteroatoms. The quantitative estimate of drug-likeness (QED) is 0.642. The number of carbonyl (C=O) groups excluding carboxylic acids is 1. The minimum absolute atomic E-state index is 0.0173. The van der Waals surface area contributed by atoms with Crippen LogP contribution in [0.1, 0.15) is 27.9 Å². The summed E-state index contributed by atoms with van der Waals surface area (Å²) in [4.78, 5) is 10.5. The molecular formula is C12H11F3OS. The highest BCUT2D eigenvalue weighted by molar-refractivity contribution is 7.80. The Hall–Kier alpha value is -1.23. The van der Waals surface area contributed by atoms with Crippen LogP contribution in [-0.4, -0.2) is 12.0 Å². The van der Waals surface area contributed by atoms with Crippen LogP contribution in [0, 0.1) is 0 Å². The van der Waals surface area contributed by atoms with Gasteiger partial charge < -0.3 is 0 Å². The van der Waals surface area contributed by atoms with E-state index in [1.165, 1.54) is 18.2 Å². The van der Waals surface area contributed by atoms with Crippen LogP contribution in [0.25, 0.3) is 6.08 Å². The predicted molar refractivity (Wildman–Crippen MR) is 64.3 cm³/mol. The molecule has 0 heterocycles. The molecule has 1 rings (SSSR count). The Morgan fingerprint density at radius 1 is 1.29 bits per heavy atom. The van der Waals surface area contributed by atoms with Gasteiger partial charge in [-0.05, 0) is 23.8 Å². The van der Waals surface area contributed by atoms with Gasteiger partial charge in [0.15, 0.2) is 0 Å². The largest absolute Gasteiger partial charge is 0.417 e. The highest BCUT2D eigenvalue weighted by Crippen LogP contribution is 2.33. The summed E-state index contributed by atoms with van der Waals surface area (Å²) in [7, 11) is 0. The Balaban J connectivity index is 3.16. The highest BCUT2D eigenvalue weighted by atomic mass is 32.1. The van der Waals surface area contributed by atoms with Crippen molar-refractivity contribution >= 4 is 25.0 Å².